The van der Waals surface area contributed by atoms with E-state index in [0.29, 0.717) is 6.54 Å². The molecule has 5 heteroatoms. The first-order valence-electron chi connectivity index (χ1n) is 7.75. The van der Waals surface area contributed by atoms with Crippen LogP contribution in [0.2, 0.25) is 0 Å². The number of hydrogen-bond acceptors (Lipinski definition) is 4. The van der Waals surface area contributed by atoms with Crippen molar-refractivity contribution in [1.29, 1.82) is 0 Å². The maximum absolute atomic E-state index is 12.1. The maximum atomic E-state index is 12.1. The van der Waals surface area contributed by atoms with E-state index in [1.807, 2.05) is 31.2 Å². The predicted molar refractivity (Wildman–Crippen MR) is 87.1 cm³/mol. The summed E-state index contributed by atoms with van der Waals surface area (Å²) in [7, 11) is 0. The van der Waals surface area contributed by atoms with Crippen molar-refractivity contribution in [2.24, 2.45) is 11.3 Å². The number of carbonyl (C=O) groups is 3. The molecule has 1 saturated heterocycles. The first-order valence-corrected chi connectivity index (χ1v) is 7.75. The van der Waals surface area contributed by atoms with Crippen LogP contribution in [0.4, 0.5) is 5.69 Å². The van der Waals surface area contributed by atoms with Gasteiger partial charge in [0.25, 0.3) is 0 Å². The van der Waals surface area contributed by atoms with Crippen LogP contribution in [0.5, 0.6) is 0 Å². The van der Waals surface area contributed by atoms with Crippen LogP contribution in [0, 0.1) is 18.3 Å². The lowest BCUT2D eigenvalue weighted by atomic mass is 9.91. The summed E-state index contributed by atoms with van der Waals surface area (Å²) in [5, 5.41) is 0. The van der Waals surface area contributed by atoms with E-state index in [1.54, 1.807) is 25.7 Å². The van der Waals surface area contributed by atoms with Crippen molar-refractivity contribution in [2.45, 2.75) is 34.1 Å². The number of esters is 1. The number of carbonyl (C=O) groups excluding carboxylic acids is 3. The molecule has 2 rings (SSSR count). The summed E-state index contributed by atoms with van der Waals surface area (Å²) in [5.74, 6) is -1.23. The molecule has 1 aromatic rings. The van der Waals surface area contributed by atoms with Crippen LogP contribution in [0.1, 0.15) is 32.8 Å². The number of hydrogen-bond donors (Lipinski definition) is 0. The Bertz CT molecular complexity index is 613. The van der Waals surface area contributed by atoms with Gasteiger partial charge in [0, 0.05) is 24.1 Å². The lowest BCUT2D eigenvalue weighted by Gasteiger charge is -2.18. The van der Waals surface area contributed by atoms with Crippen LogP contribution in [-0.2, 0) is 19.1 Å². The highest BCUT2D eigenvalue weighted by molar-refractivity contribution is 5.99. The lowest BCUT2D eigenvalue weighted by Crippen LogP contribution is -2.30. The van der Waals surface area contributed by atoms with E-state index in [2.05, 4.69) is 0 Å². The Hall–Kier alpha value is -2.17. The third-order valence-electron chi connectivity index (χ3n) is 3.99. The highest BCUT2D eigenvalue weighted by atomic mass is 16.5. The van der Waals surface area contributed by atoms with Crippen molar-refractivity contribution in [1.82, 2.24) is 0 Å². The summed E-state index contributed by atoms with van der Waals surface area (Å²) < 4.78 is 5.10. The van der Waals surface area contributed by atoms with Gasteiger partial charge < -0.3 is 9.64 Å². The fourth-order valence-electron chi connectivity index (χ4n) is 2.31. The number of nitrogens with zero attached hydrogens (tertiary/aromatic N) is 1. The molecule has 1 amide bonds. The fraction of sp³-hybridized carbons (Fsp3) is 0.500. The molecule has 23 heavy (non-hydrogen) atoms. The van der Waals surface area contributed by atoms with Crippen LogP contribution < -0.4 is 4.90 Å². The van der Waals surface area contributed by atoms with Crippen LogP contribution in [0.15, 0.2) is 24.3 Å². The molecular formula is C18H23NO4. The smallest absolute Gasteiger partial charge is 0.311 e. The first-order chi connectivity index (χ1) is 10.7. The van der Waals surface area contributed by atoms with Crippen LogP contribution >= 0.6 is 0 Å². The van der Waals surface area contributed by atoms with E-state index in [1.165, 1.54) is 0 Å². The van der Waals surface area contributed by atoms with Crippen molar-refractivity contribution in [2.75, 3.05) is 18.1 Å². The fourth-order valence-corrected chi connectivity index (χ4v) is 2.31. The third kappa shape index (κ3) is 4.18. The predicted octanol–water partition coefficient (Wildman–Crippen LogP) is 2.51. The van der Waals surface area contributed by atoms with Gasteiger partial charge in [-0.15, -0.1) is 0 Å². The average Bonchev–Trinajstić information content (AvgIpc) is 2.86. The summed E-state index contributed by atoms with van der Waals surface area (Å²) in [6, 6.07) is 7.58. The molecule has 0 unspecified atom stereocenters. The van der Waals surface area contributed by atoms with Crippen molar-refractivity contribution >= 4 is 23.3 Å². The highest BCUT2D eigenvalue weighted by Crippen LogP contribution is 2.26. The molecule has 1 fully saturated rings. The molecule has 0 aromatic heterocycles. The Morgan fingerprint density at radius 1 is 1.22 bits per heavy atom. The van der Waals surface area contributed by atoms with E-state index in [4.69, 9.17) is 4.74 Å². The number of ketones is 1. The standard InChI is InChI=1S/C18H23NO4/c1-12-5-7-14(8-6-12)19-10-13(9-16(19)21)17(22)23-11-15(20)18(2,3)4/h5-8,13H,9-11H2,1-4H3/t13-/m1/s1. The van der Waals surface area contributed by atoms with Gasteiger partial charge >= 0.3 is 5.97 Å². The molecule has 1 heterocycles. The molecule has 0 bridgehead atoms. The Labute approximate surface area is 136 Å². The second kappa shape index (κ2) is 6.52. The Morgan fingerprint density at radius 2 is 1.83 bits per heavy atom. The van der Waals surface area contributed by atoms with Gasteiger partial charge in [-0.25, -0.2) is 0 Å². The summed E-state index contributed by atoms with van der Waals surface area (Å²) in [6.45, 7) is 7.37. The summed E-state index contributed by atoms with van der Waals surface area (Å²) in [6.07, 6.45) is 0.121. The van der Waals surface area contributed by atoms with Gasteiger partial charge in [0.15, 0.2) is 12.4 Å². The zero-order chi connectivity index (χ0) is 17.2. The van der Waals surface area contributed by atoms with Crippen molar-refractivity contribution < 1.29 is 19.1 Å². The number of benzene rings is 1. The Kier molecular flexibility index (Phi) is 4.88. The number of Topliss-reactive ketones (excluding diaryl/α,β-unsaturated/α-hetero) is 1. The van der Waals surface area contributed by atoms with Crippen LogP contribution in [0.25, 0.3) is 0 Å². The molecule has 5 nitrogen and oxygen atoms in total. The lowest BCUT2D eigenvalue weighted by molar-refractivity contribution is -0.153. The third-order valence-corrected chi connectivity index (χ3v) is 3.99. The summed E-state index contributed by atoms with van der Waals surface area (Å²) >= 11 is 0. The van der Waals surface area contributed by atoms with Gasteiger partial charge in [-0.1, -0.05) is 38.5 Å². The number of ether oxygens (including phenoxy) is 1. The Morgan fingerprint density at radius 3 is 2.39 bits per heavy atom. The van der Waals surface area contributed by atoms with Gasteiger partial charge in [0.05, 0.1) is 5.92 Å². The molecule has 0 N–H and O–H groups in total. The largest absolute Gasteiger partial charge is 0.457 e. The van der Waals surface area contributed by atoms with Crippen LogP contribution in [0.3, 0.4) is 0 Å². The summed E-state index contributed by atoms with van der Waals surface area (Å²) in [4.78, 5) is 37.6. The molecule has 0 radical (unpaired) electrons. The van der Waals surface area contributed by atoms with Gasteiger partial charge in [-0.3, -0.25) is 14.4 Å². The quantitative estimate of drug-likeness (QED) is 0.801. The van der Waals surface area contributed by atoms with E-state index < -0.39 is 17.3 Å². The molecule has 1 aliphatic heterocycles. The normalized spacial score (nSPS) is 18.2. The second-order valence-corrected chi connectivity index (χ2v) is 7.02. The topological polar surface area (TPSA) is 63.7 Å². The van der Waals surface area contributed by atoms with Crippen molar-refractivity contribution in [3.8, 4) is 0 Å². The SMILES string of the molecule is Cc1ccc(N2C[C@H](C(=O)OCC(=O)C(C)(C)C)CC2=O)cc1. The van der Waals surface area contributed by atoms with E-state index >= 15 is 0 Å². The monoisotopic (exact) mass is 317 g/mol. The van der Waals surface area contributed by atoms with E-state index in [0.717, 1.165) is 11.3 Å². The minimum Gasteiger partial charge on any atom is -0.457 e. The number of aryl methyl sites for hydroxylation is 1. The zero-order valence-corrected chi connectivity index (χ0v) is 14.1. The summed E-state index contributed by atoms with van der Waals surface area (Å²) in [5.41, 5.74) is 1.35. The van der Waals surface area contributed by atoms with Crippen molar-refractivity contribution in [3.05, 3.63) is 29.8 Å². The van der Waals surface area contributed by atoms with Gasteiger partial charge in [0.1, 0.15) is 0 Å². The second-order valence-electron chi connectivity index (χ2n) is 7.02. The number of anilines is 1. The molecule has 0 spiro atoms. The molecule has 1 atom stereocenters. The molecule has 1 aliphatic rings. The molecule has 0 aliphatic carbocycles. The van der Waals surface area contributed by atoms with Gasteiger partial charge in [-0.05, 0) is 19.1 Å². The zero-order valence-electron chi connectivity index (χ0n) is 14.1. The minimum absolute atomic E-state index is 0.0991. The van der Waals surface area contributed by atoms with E-state index in [-0.39, 0.29) is 24.7 Å². The molecular weight excluding hydrogens is 294 g/mol. The van der Waals surface area contributed by atoms with Crippen molar-refractivity contribution in [3.63, 3.8) is 0 Å². The van der Waals surface area contributed by atoms with Crippen LogP contribution in [-0.4, -0.2) is 30.8 Å². The van der Waals surface area contributed by atoms with E-state index in [9.17, 15) is 14.4 Å². The Balaban J connectivity index is 1.95. The maximum Gasteiger partial charge on any atom is 0.311 e. The molecule has 0 saturated carbocycles. The minimum atomic E-state index is -0.542. The number of rotatable bonds is 4. The van der Waals surface area contributed by atoms with Gasteiger partial charge in [0.2, 0.25) is 5.91 Å². The van der Waals surface area contributed by atoms with Gasteiger partial charge in [-0.2, -0.15) is 0 Å². The number of amides is 1. The molecule has 124 valence electrons. The highest BCUT2D eigenvalue weighted by Gasteiger charge is 2.36. The first kappa shape index (κ1) is 17.2. The average molecular weight is 317 g/mol. The molecule has 1 aromatic carbocycles.